The number of methoxy groups -OCH3 is 1. The number of rotatable bonds is 6. The van der Waals surface area contributed by atoms with Crippen LogP contribution in [0.5, 0.6) is 11.5 Å². The van der Waals surface area contributed by atoms with E-state index in [2.05, 4.69) is 20.0 Å². The molecule has 0 bridgehead atoms. The van der Waals surface area contributed by atoms with Crippen LogP contribution in [0.4, 0.5) is 8.78 Å². The molecule has 0 unspecified atom stereocenters. The first-order chi connectivity index (χ1) is 12.2. The summed E-state index contributed by atoms with van der Waals surface area (Å²) in [7, 11) is 1.38. The highest BCUT2D eigenvalue weighted by atomic mass is 19.3. The number of hydrogen-bond acceptors (Lipinski definition) is 5. The molecule has 0 aliphatic carbocycles. The van der Waals surface area contributed by atoms with Crippen LogP contribution in [0.15, 0.2) is 60.0 Å². The molecule has 3 rings (SSSR count). The standard InChI is InChI=1S/C17H14F2N4O2/c1-24-15-9-12(7-8-14(15)25-17(18)19)10-21-23-11-20-22-16(23)13-5-3-2-4-6-13/h2-11,17H,1H3/b21-10-. The summed E-state index contributed by atoms with van der Waals surface area (Å²) in [5.74, 6) is 0.738. The van der Waals surface area contributed by atoms with E-state index in [0.29, 0.717) is 11.4 Å². The smallest absolute Gasteiger partial charge is 0.387 e. The third-order valence-electron chi connectivity index (χ3n) is 3.30. The molecule has 0 saturated heterocycles. The Kier molecular flexibility index (Phi) is 4.98. The number of halogens is 2. The molecule has 3 aromatic rings. The Morgan fingerprint density at radius 3 is 2.64 bits per heavy atom. The molecule has 0 atom stereocenters. The van der Waals surface area contributed by atoms with Crippen molar-refractivity contribution in [3.63, 3.8) is 0 Å². The highest BCUT2D eigenvalue weighted by Gasteiger charge is 2.11. The van der Waals surface area contributed by atoms with Crippen LogP contribution in [-0.2, 0) is 0 Å². The van der Waals surface area contributed by atoms with Gasteiger partial charge in [-0.2, -0.15) is 18.6 Å². The second-order valence-electron chi connectivity index (χ2n) is 4.90. The first-order valence-corrected chi connectivity index (χ1v) is 7.30. The molecule has 0 aliphatic heterocycles. The molecule has 0 spiro atoms. The fraction of sp³-hybridized carbons (Fsp3) is 0.118. The summed E-state index contributed by atoms with van der Waals surface area (Å²) in [5.41, 5.74) is 1.52. The molecule has 25 heavy (non-hydrogen) atoms. The van der Waals surface area contributed by atoms with Crippen molar-refractivity contribution in [1.29, 1.82) is 0 Å². The number of ether oxygens (including phenoxy) is 2. The van der Waals surface area contributed by atoms with Crippen molar-refractivity contribution in [2.24, 2.45) is 5.10 Å². The van der Waals surface area contributed by atoms with Gasteiger partial charge in [0.15, 0.2) is 17.3 Å². The fourth-order valence-electron chi connectivity index (χ4n) is 2.18. The molecule has 0 aliphatic rings. The molecule has 128 valence electrons. The second-order valence-corrected chi connectivity index (χ2v) is 4.90. The minimum Gasteiger partial charge on any atom is -0.493 e. The molecule has 0 radical (unpaired) electrons. The topological polar surface area (TPSA) is 61.5 Å². The van der Waals surface area contributed by atoms with Crippen LogP contribution in [0.2, 0.25) is 0 Å². The van der Waals surface area contributed by atoms with Crippen molar-refractivity contribution in [3.05, 3.63) is 60.4 Å². The quantitative estimate of drug-likeness (QED) is 0.643. The van der Waals surface area contributed by atoms with Crippen LogP contribution in [0.25, 0.3) is 11.4 Å². The van der Waals surface area contributed by atoms with Gasteiger partial charge in [-0.1, -0.05) is 30.3 Å². The SMILES string of the molecule is COc1cc(/C=N\n2cnnc2-c2ccccc2)ccc1OC(F)F. The Morgan fingerprint density at radius 2 is 1.92 bits per heavy atom. The Labute approximate surface area is 142 Å². The zero-order valence-corrected chi connectivity index (χ0v) is 13.2. The van der Waals surface area contributed by atoms with Gasteiger partial charge in [-0.25, -0.2) is 0 Å². The largest absolute Gasteiger partial charge is 0.493 e. The van der Waals surface area contributed by atoms with Crippen molar-refractivity contribution in [2.45, 2.75) is 6.61 Å². The predicted molar refractivity (Wildman–Crippen MR) is 88.1 cm³/mol. The molecule has 0 fully saturated rings. The van der Waals surface area contributed by atoms with Gasteiger partial charge in [-0.05, 0) is 23.8 Å². The third kappa shape index (κ3) is 3.97. The summed E-state index contributed by atoms with van der Waals surface area (Å²) >= 11 is 0. The molecule has 0 N–H and O–H groups in total. The Bertz CT molecular complexity index is 866. The van der Waals surface area contributed by atoms with Crippen LogP contribution < -0.4 is 9.47 Å². The lowest BCUT2D eigenvalue weighted by atomic mass is 10.2. The van der Waals surface area contributed by atoms with Crippen LogP contribution >= 0.6 is 0 Å². The summed E-state index contributed by atoms with van der Waals surface area (Å²) in [6.45, 7) is -2.92. The maximum Gasteiger partial charge on any atom is 0.387 e. The van der Waals surface area contributed by atoms with Crippen LogP contribution in [0, 0.1) is 0 Å². The molecule has 8 heteroatoms. The fourth-order valence-corrected chi connectivity index (χ4v) is 2.18. The van der Waals surface area contributed by atoms with Gasteiger partial charge in [-0.15, -0.1) is 10.2 Å². The van der Waals surface area contributed by atoms with E-state index in [1.165, 1.54) is 24.2 Å². The number of alkyl halides is 2. The van der Waals surface area contributed by atoms with E-state index in [0.717, 1.165) is 5.56 Å². The van der Waals surface area contributed by atoms with Gasteiger partial charge >= 0.3 is 6.61 Å². The summed E-state index contributed by atoms with van der Waals surface area (Å²) in [6.07, 6.45) is 3.02. The van der Waals surface area contributed by atoms with Gasteiger partial charge < -0.3 is 9.47 Å². The average molecular weight is 344 g/mol. The summed E-state index contributed by atoms with van der Waals surface area (Å²) < 4.78 is 35.7. The van der Waals surface area contributed by atoms with Gasteiger partial charge in [0, 0.05) is 5.56 Å². The van der Waals surface area contributed by atoms with Crippen molar-refractivity contribution < 1.29 is 18.3 Å². The first kappa shape index (κ1) is 16.6. The van der Waals surface area contributed by atoms with E-state index in [1.54, 1.807) is 18.3 Å². The third-order valence-corrected chi connectivity index (χ3v) is 3.30. The molecule has 1 heterocycles. The van der Waals surface area contributed by atoms with Crippen molar-refractivity contribution in [2.75, 3.05) is 7.11 Å². The highest BCUT2D eigenvalue weighted by molar-refractivity contribution is 5.81. The second kappa shape index (κ2) is 7.52. The van der Waals surface area contributed by atoms with E-state index in [-0.39, 0.29) is 11.5 Å². The number of hydrogen-bond donors (Lipinski definition) is 0. The van der Waals surface area contributed by atoms with Crippen molar-refractivity contribution in [1.82, 2.24) is 14.9 Å². The number of nitrogens with zero attached hydrogens (tertiary/aromatic N) is 4. The van der Waals surface area contributed by atoms with Gasteiger partial charge in [0.25, 0.3) is 0 Å². The zero-order chi connectivity index (χ0) is 17.6. The summed E-state index contributed by atoms with van der Waals surface area (Å²) in [4.78, 5) is 0. The Hall–Kier alpha value is -3.29. The average Bonchev–Trinajstić information content (AvgIpc) is 3.09. The lowest BCUT2D eigenvalue weighted by Gasteiger charge is -2.10. The molecule has 1 aromatic heterocycles. The maximum absolute atomic E-state index is 12.4. The molecule has 0 amide bonds. The Morgan fingerprint density at radius 1 is 1.12 bits per heavy atom. The molecular weight excluding hydrogens is 330 g/mol. The monoisotopic (exact) mass is 344 g/mol. The molecule has 2 aromatic carbocycles. The number of aromatic nitrogens is 3. The number of benzene rings is 2. The van der Waals surface area contributed by atoms with Gasteiger partial charge in [0.1, 0.15) is 6.33 Å². The van der Waals surface area contributed by atoms with E-state index in [9.17, 15) is 8.78 Å². The molecular formula is C17H14F2N4O2. The minimum absolute atomic E-state index is 0.0380. The zero-order valence-electron chi connectivity index (χ0n) is 13.2. The van der Waals surface area contributed by atoms with E-state index in [1.807, 2.05) is 30.3 Å². The van der Waals surface area contributed by atoms with Crippen molar-refractivity contribution in [3.8, 4) is 22.9 Å². The van der Waals surface area contributed by atoms with E-state index < -0.39 is 6.61 Å². The van der Waals surface area contributed by atoms with E-state index in [4.69, 9.17) is 4.74 Å². The minimum atomic E-state index is -2.92. The van der Waals surface area contributed by atoms with Crippen LogP contribution in [0.1, 0.15) is 5.56 Å². The highest BCUT2D eigenvalue weighted by Crippen LogP contribution is 2.29. The normalized spacial score (nSPS) is 11.2. The summed E-state index contributed by atoms with van der Waals surface area (Å²) in [6, 6.07) is 14.0. The van der Waals surface area contributed by atoms with Gasteiger partial charge in [0.2, 0.25) is 0 Å². The first-order valence-electron chi connectivity index (χ1n) is 7.30. The maximum atomic E-state index is 12.4. The van der Waals surface area contributed by atoms with Crippen molar-refractivity contribution >= 4 is 6.21 Å². The van der Waals surface area contributed by atoms with E-state index >= 15 is 0 Å². The Balaban J connectivity index is 1.85. The predicted octanol–water partition coefficient (Wildman–Crippen LogP) is 3.44. The van der Waals surface area contributed by atoms with Crippen LogP contribution in [-0.4, -0.2) is 34.8 Å². The lowest BCUT2D eigenvalue weighted by molar-refractivity contribution is -0.0512. The summed E-state index contributed by atoms with van der Waals surface area (Å²) in [5, 5.41) is 12.2. The van der Waals surface area contributed by atoms with Gasteiger partial charge in [0.05, 0.1) is 13.3 Å². The van der Waals surface area contributed by atoms with Crippen LogP contribution in [0.3, 0.4) is 0 Å². The molecule has 0 saturated carbocycles. The lowest BCUT2D eigenvalue weighted by Crippen LogP contribution is -2.03. The van der Waals surface area contributed by atoms with Gasteiger partial charge in [-0.3, -0.25) is 0 Å². The molecule has 6 nitrogen and oxygen atoms in total.